The lowest BCUT2D eigenvalue weighted by atomic mass is 9.99. The van der Waals surface area contributed by atoms with Gasteiger partial charge in [-0.25, -0.2) is 0 Å². The lowest BCUT2D eigenvalue weighted by Crippen LogP contribution is -2.48. The monoisotopic (exact) mass is 269 g/mol. The molecule has 1 aliphatic heterocycles. The van der Waals surface area contributed by atoms with Crippen molar-refractivity contribution in [1.82, 2.24) is 4.90 Å². The van der Waals surface area contributed by atoms with Crippen LogP contribution in [0.3, 0.4) is 0 Å². The molecule has 1 aliphatic carbocycles. The number of aliphatic carboxylic acids is 1. The fourth-order valence-corrected chi connectivity index (χ4v) is 3.17. The van der Waals surface area contributed by atoms with E-state index in [9.17, 15) is 14.7 Å². The average Bonchev–Trinajstić information content (AvgIpc) is 3.05. The van der Waals surface area contributed by atoms with E-state index < -0.39 is 11.9 Å². The highest BCUT2D eigenvalue weighted by Crippen LogP contribution is 2.29. The molecule has 5 heteroatoms. The van der Waals surface area contributed by atoms with E-state index in [1.807, 2.05) is 6.92 Å². The molecule has 1 amide bonds. The van der Waals surface area contributed by atoms with Gasteiger partial charge in [0, 0.05) is 12.5 Å². The molecule has 1 saturated carbocycles. The highest BCUT2D eigenvalue weighted by molar-refractivity contribution is 5.81. The van der Waals surface area contributed by atoms with E-state index in [4.69, 9.17) is 4.74 Å². The van der Waals surface area contributed by atoms with E-state index in [0.29, 0.717) is 13.2 Å². The van der Waals surface area contributed by atoms with Crippen LogP contribution >= 0.6 is 0 Å². The Labute approximate surface area is 113 Å². The van der Waals surface area contributed by atoms with Crippen LogP contribution in [-0.4, -0.2) is 47.7 Å². The van der Waals surface area contributed by atoms with E-state index in [1.165, 1.54) is 0 Å². The van der Waals surface area contributed by atoms with E-state index in [1.54, 1.807) is 4.90 Å². The number of hydrogen-bond donors (Lipinski definition) is 1. The minimum Gasteiger partial charge on any atom is -0.481 e. The van der Waals surface area contributed by atoms with Crippen LogP contribution in [0.25, 0.3) is 0 Å². The molecular weight excluding hydrogens is 246 g/mol. The Morgan fingerprint density at radius 3 is 2.53 bits per heavy atom. The summed E-state index contributed by atoms with van der Waals surface area (Å²) in [7, 11) is 0. The third-order valence-corrected chi connectivity index (χ3v) is 4.22. The van der Waals surface area contributed by atoms with Gasteiger partial charge in [0.15, 0.2) is 0 Å². The molecule has 1 saturated heterocycles. The molecule has 0 spiro atoms. The largest absolute Gasteiger partial charge is 0.481 e. The van der Waals surface area contributed by atoms with Gasteiger partial charge < -0.3 is 14.7 Å². The predicted octanol–water partition coefficient (Wildman–Crippen LogP) is 1.51. The van der Waals surface area contributed by atoms with Crippen molar-refractivity contribution < 1.29 is 19.4 Å². The summed E-state index contributed by atoms with van der Waals surface area (Å²) >= 11 is 0. The zero-order chi connectivity index (χ0) is 13.8. The van der Waals surface area contributed by atoms with Crippen LogP contribution < -0.4 is 0 Å². The summed E-state index contributed by atoms with van der Waals surface area (Å²) in [4.78, 5) is 25.6. The number of amides is 1. The summed E-state index contributed by atoms with van der Waals surface area (Å²) in [5, 5.41) is 9.23. The summed E-state index contributed by atoms with van der Waals surface area (Å²) < 4.78 is 5.30. The smallest absolute Gasteiger partial charge is 0.311 e. The van der Waals surface area contributed by atoms with E-state index in [-0.39, 0.29) is 24.5 Å². The molecule has 2 fully saturated rings. The molecule has 1 N–H and O–H groups in total. The number of carbonyl (C=O) groups excluding carboxylic acids is 1. The molecule has 0 radical (unpaired) electrons. The molecule has 2 unspecified atom stereocenters. The first-order valence-electron chi connectivity index (χ1n) is 7.26. The minimum atomic E-state index is -0.858. The number of nitrogens with zero attached hydrogens (tertiary/aromatic N) is 1. The van der Waals surface area contributed by atoms with Crippen molar-refractivity contribution in [2.24, 2.45) is 11.8 Å². The van der Waals surface area contributed by atoms with Gasteiger partial charge in [0.25, 0.3) is 0 Å². The molecule has 0 aromatic carbocycles. The second-order valence-electron chi connectivity index (χ2n) is 5.56. The first-order valence-corrected chi connectivity index (χ1v) is 7.26. The third kappa shape index (κ3) is 3.08. The van der Waals surface area contributed by atoms with Gasteiger partial charge in [-0.3, -0.25) is 9.59 Å². The Morgan fingerprint density at radius 2 is 1.95 bits per heavy atom. The van der Waals surface area contributed by atoms with Crippen molar-refractivity contribution in [1.29, 1.82) is 0 Å². The van der Waals surface area contributed by atoms with Gasteiger partial charge in [0.05, 0.1) is 19.3 Å². The summed E-state index contributed by atoms with van der Waals surface area (Å²) in [6.07, 6.45) is 4.97. The maximum Gasteiger partial charge on any atom is 0.311 e. The standard InChI is InChI=1S/C14H23NO4/c1-2-7-15(13(16)10-5-3-4-6-10)12-9-19-8-11(12)14(17)18/h10-12H,2-9H2,1H3,(H,17,18). The van der Waals surface area contributed by atoms with Crippen molar-refractivity contribution in [3.63, 3.8) is 0 Å². The molecule has 2 rings (SSSR count). The fourth-order valence-electron chi connectivity index (χ4n) is 3.17. The minimum absolute atomic E-state index is 0.0987. The second kappa shape index (κ2) is 6.37. The molecule has 19 heavy (non-hydrogen) atoms. The Balaban J connectivity index is 2.09. The van der Waals surface area contributed by atoms with E-state index in [0.717, 1.165) is 32.1 Å². The van der Waals surface area contributed by atoms with Crippen molar-refractivity contribution in [3.8, 4) is 0 Å². The van der Waals surface area contributed by atoms with Crippen molar-refractivity contribution >= 4 is 11.9 Å². The van der Waals surface area contributed by atoms with Crippen LogP contribution in [0.2, 0.25) is 0 Å². The second-order valence-corrected chi connectivity index (χ2v) is 5.56. The Bertz CT molecular complexity index is 338. The molecule has 0 aromatic rings. The van der Waals surface area contributed by atoms with Crippen LogP contribution in [0, 0.1) is 11.8 Å². The predicted molar refractivity (Wildman–Crippen MR) is 69.7 cm³/mol. The summed E-state index contributed by atoms with van der Waals surface area (Å²) in [5.41, 5.74) is 0. The Morgan fingerprint density at radius 1 is 1.26 bits per heavy atom. The lowest BCUT2D eigenvalue weighted by molar-refractivity contribution is -0.146. The zero-order valence-electron chi connectivity index (χ0n) is 11.5. The molecule has 1 heterocycles. The number of carboxylic acid groups (broad SMARTS) is 1. The fraction of sp³-hybridized carbons (Fsp3) is 0.857. The zero-order valence-corrected chi connectivity index (χ0v) is 11.5. The first-order chi connectivity index (χ1) is 9.15. The number of hydrogen-bond acceptors (Lipinski definition) is 3. The van der Waals surface area contributed by atoms with Crippen LogP contribution in [0.5, 0.6) is 0 Å². The van der Waals surface area contributed by atoms with Gasteiger partial charge in [0.2, 0.25) is 5.91 Å². The topological polar surface area (TPSA) is 66.8 Å². The summed E-state index contributed by atoms with van der Waals surface area (Å²) in [6.45, 7) is 3.22. The van der Waals surface area contributed by atoms with Crippen molar-refractivity contribution in [2.45, 2.75) is 45.1 Å². The third-order valence-electron chi connectivity index (χ3n) is 4.22. The van der Waals surface area contributed by atoms with Crippen molar-refractivity contribution in [3.05, 3.63) is 0 Å². The molecule has 2 aliphatic rings. The Kier molecular flexibility index (Phi) is 4.80. The summed E-state index contributed by atoms with van der Waals surface area (Å²) in [5.74, 6) is -1.19. The highest BCUT2D eigenvalue weighted by Gasteiger charge is 2.41. The normalized spacial score (nSPS) is 27.6. The van der Waals surface area contributed by atoms with E-state index >= 15 is 0 Å². The number of carbonyl (C=O) groups is 2. The summed E-state index contributed by atoms with van der Waals surface area (Å²) in [6, 6.07) is -0.287. The van der Waals surface area contributed by atoms with Crippen molar-refractivity contribution in [2.75, 3.05) is 19.8 Å². The number of rotatable bonds is 5. The van der Waals surface area contributed by atoms with Crippen LogP contribution in [0.15, 0.2) is 0 Å². The maximum absolute atomic E-state index is 12.6. The van der Waals surface area contributed by atoms with Crippen LogP contribution in [0.4, 0.5) is 0 Å². The number of carboxylic acids is 1. The maximum atomic E-state index is 12.6. The van der Waals surface area contributed by atoms with Gasteiger partial charge in [-0.2, -0.15) is 0 Å². The Hall–Kier alpha value is -1.10. The quantitative estimate of drug-likeness (QED) is 0.821. The molecule has 0 aromatic heterocycles. The first kappa shape index (κ1) is 14.3. The molecule has 2 atom stereocenters. The van der Waals surface area contributed by atoms with Gasteiger partial charge in [-0.05, 0) is 19.3 Å². The lowest BCUT2D eigenvalue weighted by Gasteiger charge is -2.32. The highest BCUT2D eigenvalue weighted by atomic mass is 16.5. The molecular formula is C14H23NO4. The molecule has 0 bridgehead atoms. The van der Waals surface area contributed by atoms with E-state index in [2.05, 4.69) is 0 Å². The number of ether oxygens (including phenoxy) is 1. The van der Waals surface area contributed by atoms with Crippen LogP contribution in [-0.2, 0) is 14.3 Å². The van der Waals surface area contributed by atoms with Gasteiger partial charge in [-0.1, -0.05) is 19.8 Å². The average molecular weight is 269 g/mol. The molecule has 108 valence electrons. The SMILES string of the molecule is CCCN(C(=O)C1CCCC1)C1COCC1C(=O)O. The van der Waals surface area contributed by atoms with Gasteiger partial charge in [0.1, 0.15) is 5.92 Å². The van der Waals surface area contributed by atoms with Gasteiger partial charge >= 0.3 is 5.97 Å². The van der Waals surface area contributed by atoms with Gasteiger partial charge in [-0.15, -0.1) is 0 Å². The van der Waals surface area contributed by atoms with Crippen LogP contribution in [0.1, 0.15) is 39.0 Å². The molecule has 5 nitrogen and oxygen atoms in total.